The Labute approximate surface area is 195 Å². The Balaban J connectivity index is 1.71. The molecule has 0 spiro atoms. The standard InChI is InChI=1S/C25H32FN3O3S/c26-21-11-5-6-12-22(21)27-25(30)20-13-14-23(28-15-7-1-2-8-16-28)24(19-20)33(31,32)29-17-9-3-4-10-18-29/h5-6,11-14,19H,1-4,7-10,15-18H2,(H,27,30). The van der Waals surface area contributed by atoms with Crippen molar-refractivity contribution >= 4 is 27.3 Å². The summed E-state index contributed by atoms with van der Waals surface area (Å²) < 4.78 is 43.2. The molecule has 2 aromatic carbocycles. The lowest BCUT2D eigenvalue weighted by Gasteiger charge is -2.28. The fraction of sp³-hybridized carbons (Fsp3) is 0.480. The van der Waals surface area contributed by atoms with Crippen molar-refractivity contribution in [1.82, 2.24) is 4.31 Å². The second-order valence-corrected chi connectivity index (χ2v) is 10.7. The van der Waals surface area contributed by atoms with Crippen molar-refractivity contribution in [2.45, 2.75) is 56.3 Å². The molecule has 0 aromatic heterocycles. The molecular weight excluding hydrogens is 441 g/mol. The van der Waals surface area contributed by atoms with E-state index in [1.165, 1.54) is 18.2 Å². The second kappa shape index (κ2) is 10.7. The monoisotopic (exact) mass is 473 g/mol. The van der Waals surface area contributed by atoms with Crippen LogP contribution in [0.5, 0.6) is 0 Å². The van der Waals surface area contributed by atoms with Crippen molar-refractivity contribution in [3.8, 4) is 0 Å². The van der Waals surface area contributed by atoms with E-state index >= 15 is 0 Å². The van der Waals surface area contributed by atoms with Crippen molar-refractivity contribution in [3.05, 3.63) is 53.8 Å². The highest BCUT2D eigenvalue weighted by atomic mass is 32.2. The molecule has 0 bridgehead atoms. The van der Waals surface area contributed by atoms with Crippen LogP contribution in [0.3, 0.4) is 0 Å². The minimum Gasteiger partial charge on any atom is -0.370 e. The number of sulfonamides is 1. The smallest absolute Gasteiger partial charge is 0.255 e. The van der Waals surface area contributed by atoms with E-state index in [9.17, 15) is 17.6 Å². The van der Waals surface area contributed by atoms with Gasteiger partial charge in [-0.05, 0) is 56.0 Å². The number of halogens is 1. The number of rotatable bonds is 5. The minimum atomic E-state index is -3.78. The zero-order valence-corrected chi connectivity index (χ0v) is 19.7. The molecule has 2 aromatic rings. The Hall–Kier alpha value is -2.45. The highest BCUT2D eigenvalue weighted by molar-refractivity contribution is 7.89. The molecule has 2 heterocycles. The Morgan fingerprint density at radius 2 is 1.42 bits per heavy atom. The molecule has 0 saturated carbocycles. The third-order valence-corrected chi connectivity index (χ3v) is 8.40. The average molecular weight is 474 g/mol. The predicted octanol–water partition coefficient (Wildman–Crippen LogP) is 5.02. The van der Waals surface area contributed by atoms with E-state index in [1.54, 1.807) is 28.6 Å². The van der Waals surface area contributed by atoms with Crippen LogP contribution in [0, 0.1) is 5.82 Å². The highest BCUT2D eigenvalue weighted by Gasteiger charge is 2.30. The van der Waals surface area contributed by atoms with Gasteiger partial charge in [-0.2, -0.15) is 4.31 Å². The number of amides is 1. The van der Waals surface area contributed by atoms with Gasteiger partial charge in [0.05, 0.1) is 11.4 Å². The number of carbonyl (C=O) groups is 1. The number of nitrogens with one attached hydrogen (secondary N) is 1. The number of benzene rings is 2. The van der Waals surface area contributed by atoms with Gasteiger partial charge in [-0.1, -0.05) is 37.8 Å². The first-order chi connectivity index (χ1) is 16.0. The van der Waals surface area contributed by atoms with Gasteiger partial charge in [-0.15, -0.1) is 0 Å². The van der Waals surface area contributed by atoms with Crippen molar-refractivity contribution in [1.29, 1.82) is 0 Å². The third-order valence-electron chi connectivity index (χ3n) is 6.47. The molecule has 2 saturated heterocycles. The van der Waals surface area contributed by atoms with Gasteiger partial charge in [0.1, 0.15) is 10.7 Å². The summed E-state index contributed by atoms with van der Waals surface area (Å²) in [5.74, 6) is -1.07. The third kappa shape index (κ3) is 5.55. The maximum absolute atomic E-state index is 14.0. The van der Waals surface area contributed by atoms with E-state index in [4.69, 9.17) is 0 Å². The molecule has 1 amide bonds. The zero-order chi connectivity index (χ0) is 23.3. The van der Waals surface area contributed by atoms with Crippen LogP contribution in [0.2, 0.25) is 0 Å². The van der Waals surface area contributed by atoms with Crippen molar-refractivity contribution in [2.24, 2.45) is 0 Å². The van der Waals surface area contributed by atoms with Gasteiger partial charge >= 0.3 is 0 Å². The van der Waals surface area contributed by atoms with Crippen LogP contribution in [0.4, 0.5) is 15.8 Å². The topological polar surface area (TPSA) is 69.7 Å². The lowest BCUT2D eigenvalue weighted by Crippen LogP contribution is -2.34. The number of nitrogens with zero attached hydrogens (tertiary/aromatic N) is 2. The van der Waals surface area contributed by atoms with Gasteiger partial charge in [0.2, 0.25) is 10.0 Å². The number of para-hydroxylation sites is 1. The van der Waals surface area contributed by atoms with Gasteiger partial charge in [0, 0.05) is 31.7 Å². The molecule has 33 heavy (non-hydrogen) atoms. The fourth-order valence-electron chi connectivity index (χ4n) is 4.61. The molecule has 6 nitrogen and oxygen atoms in total. The zero-order valence-electron chi connectivity index (χ0n) is 18.9. The second-order valence-electron chi connectivity index (χ2n) is 8.84. The molecule has 2 fully saturated rings. The summed E-state index contributed by atoms with van der Waals surface area (Å²) >= 11 is 0. The van der Waals surface area contributed by atoms with Gasteiger partial charge in [0.25, 0.3) is 5.91 Å². The summed E-state index contributed by atoms with van der Waals surface area (Å²) in [6, 6.07) is 10.8. The van der Waals surface area contributed by atoms with E-state index in [0.717, 1.165) is 64.5 Å². The Kier molecular flexibility index (Phi) is 7.65. The maximum Gasteiger partial charge on any atom is 0.255 e. The average Bonchev–Trinajstić information content (AvgIpc) is 3.26. The number of hydrogen-bond acceptors (Lipinski definition) is 4. The summed E-state index contributed by atoms with van der Waals surface area (Å²) in [5, 5.41) is 2.57. The van der Waals surface area contributed by atoms with Crippen LogP contribution in [0.25, 0.3) is 0 Å². The Morgan fingerprint density at radius 3 is 2.06 bits per heavy atom. The molecule has 0 radical (unpaired) electrons. The first-order valence-electron chi connectivity index (χ1n) is 11.9. The lowest BCUT2D eigenvalue weighted by molar-refractivity contribution is 0.102. The number of anilines is 2. The SMILES string of the molecule is O=C(Nc1ccccc1F)c1ccc(N2CCCCCC2)c(S(=O)(=O)N2CCCCCC2)c1. The minimum absolute atomic E-state index is 0.0658. The van der Waals surface area contributed by atoms with Gasteiger partial charge in [-0.3, -0.25) is 4.79 Å². The molecule has 2 aliphatic heterocycles. The Morgan fingerprint density at radius 1 is 0.818 bits per heavy atom. The molecule has 4 rings (SSSR count). The summed E-state index contributed by atoms with van der Waals surface area (Å²) in [5.41, 5.74) is 0.921. The molecule has 0 atom stereocenters. The van der Waals surface area contributed by atoms with Gasteiger partial charge in [0.15, 0.2) is 0 Å². The van der Waals surface area contributed by atoms with E-state index in [2.05, 4.69) is 10.2 Å². The molecule has 178 valence electrons. The van der Waals surface area contributed by atoms with E-state index in [0.29, 0.717) is 18.8 Å². The van der Waals surface area contributed by atoms with Crippen LogP contribution in [0.15, 0.2) is 47.4 Å². The van der Waals surface area contributed by atoms with Crippen molar-refractivity contribution in [2.75, 3.05) is 36.4 Å². The highest BCUT2D eigenvalue weighted by Crippen LogP contribution is 2.32. The normalized spacial score (nSPS) is 18.4. The van der Waals surface area contributed by atoms with Crippen LogP contribution in [-0.4, -0.2) is 44.8 Å². The summed E-state index contributed by atoms with van der Waals surface area (Å²) in [6.45, 7) is 2.58. The number of carbonyl (C=O) groups excluding carboxylic acids is 1. The number of hydrogen-bond donors (Lipinski definition) is 1. The molecule has 8 heteroatoms. The van der Waals surface area contributed by atoms with E-state index in [-0.39, 0.29) is 16.1 Å². The fourth-order valence-corrected chi connectivity index (χ4v) is 6.37. The largest absolute Gasteiger partial charge is 0.370 e. The van der Waals surface area contributed by atoms with Crippen LogP contribution in [0.1, 0.15) is 61.7 Å². The lowest BCUT2D eigenvalue weighted by atomic mass is 10.1. The van der Waals surface area contributed by atoms with Gasteiger partial charge in [-0.25, -0.2) is 12.8 Å². The first kappa shape index (κ1) is 23.7. The van der Waals surface area contributed by atoms with E-state index in [1.807, 2.05) is 0 Å². The molecule has 2 aliphatic rings. The van der Waals surface area contributed by atoms with Crippen molar-refractivity contribution in [3.63, 3.8) is 0 Å². The predicted molar refractivity (Wildman–Crippen MR) is 129 cm³/mol. The Bertz CT molecular complexity index is 1070. The van der Waals surface area contributed by atoms with Crippen LogP contribution >= 0.6 is 0 Å². The molecule has 0 aliphatic carbocycles. The van der Waals surface area contributed by atoms with E-state index < -0.39 is 21.7 Å². The van der Waals surface area contributed by atoms with Crippen molar-refractivity contribution < 1.29 is 17.6 Å². The molecule has 1 N–H and O–H groups in total. The van der Waals surface area contributed by atoms with Gasteiger partial charge < -0.3 is 10.2 Å². The summed E-state index contributed by atoms with van der Waals surface area (Å²) in [4.78, 5) is 15.2. The summed E-state index contributed by atoms with van der Waals surface area (Å²) in [6.07, 6.45) is 8.02. The molecular formula is C25H32FN3O3S. The first-order valence-corrected chi connectivity index (χ1v) is 13.4. The van der Waals surface area contributed by atoms with Crippen LogP contribution < -0.4 is 10.2 Å². The summed E-state index contributed by atoms with van der Waals surface area (Å²) in [7, 11) is -3.78. The molecule has 0 unspecified atom stereocenters. The maximum atomic E-state index is 14.0. The van der Waals surface area contributed by atoms with Crippen LogP contribution in [-0.2, 0) is 10.0 Å². The quantitative estimate of drug-likeness (QED) is 0.662.